The Morgan fingerprint density at radius 3 is 2.67 bits per heavy atom. The predicted octanol–water partition coefficient (Wildman–Crippen LogP) is 4.63. The number of hydrogen-bond acceptors (Lipinski definition) is 4. The van der Waals surface area contributed by atoms with Crippen molar-refractivity contribution in [2.45, 2.75) is 13.8 Å². The Kier molecular flexibility index (Phi) is 3.43. The summed E-state index contributed by atoms with van der Waals surface area (Å²) in [6, 6.07) is 11.3. The molecule has 4 rings (SSSR count). The molecular formula is C19H14ClNO3. The van der Waals surface area contributed by atoms with Gasteiger partial charge in [-0.05, 0) is 61.3 Å². The summed E-state index contributed by atoms with van der Waals surface area (Å²) in [7, 11) is 0. The van der Waals surface area contributed by atoms with Gasteiger partial charge in [-0.1, -0.05) is 11.6 Å². The lowest BCUT2D eigenvalue weighted by atomic mass is 10.0. The van der Waals surface area contributed by atoms with Crippen molar-refractivity contribution in [2.24, 2.45) is 0 Å². The summed E-state index contributed by atoms with van der Waals surface area (Å²) in [5.41, 5.74) is 4.83. The highest BCUT2D eigenvalue weighted by atomic mass is 35.5. The molecule has 1 aromatic heterocycles. The first-order valence-corrected chi connectivity index (χ1v) is 7.92. The highest BCUT2D eigenvalue weighted by Crippen LogP contribution is 2.36. The Balaban J connectivity index is 1.98. The van der Waals surface area contributed by atoms with Gasteiger partial charge in [0.2, 0.25) is 6.79 Å². The van der Waals surface area contributed by atoms with Crippen LogP contribution in [0, 0.1) is 13.8 Å². The van der Waals surface area contributed by atoms with Gasteiger partial charge >= 0.3 is 0 Å². The number of pyridine rings is 1. The lowest BCUT2D eigenvalue weighted by Crippen LogP contribution is -1.98. The van der Waals surface area contributed by atoms with E-state index in [2.05, 4.69) is 0 Å². The molecule has 5 heteroatoms. The third kappa shape index (κ3) is 2.39. The maximum Gasteiger partial charge on any atom is 0.253 e. The summed E-state index contributed by atoms with van der Waals surface area (Å²) < 4.78 is 10.8. The molecule has 0 spiro atoms. The minimum Gasteiger partial charge on any atom is -0.454 e. The molecule has 0 fully saturated rings. The maximum atomic E-state index is 11.9. The second kappa shape index (κ2) is 5.49. The summed E-state index contributed by atoms with van der Waals surface area (Å²) in [6.45, 7) is 4.18. The van der Waals surface area contributed by atoms with E-state index in [9.17, 15) is 4.79 Å². The molecule has 0 aliphatic carbocycles. The molecule has 0 bridgehead atoms. The van der Waals surface area contributed by atoms with Crippen LogP contribution in [0.15, 0.2) is 36.4 Å². The molecule has 4 nitrogen and oxygen atoms in total. The first-order valence-electron chi connectivity index (χ1n) is 7.55. The fourth-order valence-corrected chi connectivity index (χ4v) is 3.20. The van der Waals surface area contributed by atoms with Gasteiger partial charge in [0, 0.05) is 16.5 Å². The van der Waals surface area contributed by atoms with Crippen LogP contribution in [0.3, 0.4) is 0 Å². The quantitative estimate of drug-likeness (QED) is 0.639. The normalized spacial score (nSPS) is 12.6. The first-order chi connectivity index (χ1) is 11.5. The molecular weight excluding hydrogens is 326 g/mol. The second-order valence-electron chi connectivity index (χ2n) is 5.87. The van der Waals surface area contributed by atoms with Crippen LogP contribution in [-0.2, 0) is 0 Å². The molecule has 0 N–H and O–H groups in total. The molecule has 2 heterocycles. The van der Waals surface area contributed by atoms with Gasteiger partial charge in [-0.3, -0.25) is 4.79 Å². The van der Waals surface area contributed by atoms with E-state index in [1.807, 2.05) is 44.2 Å². The maximum absolute atomic E-state index is 11.9. The molecule has 120 valence electrons. The van der Waals surface area contributed by atoms with E-state index in [0.717, 1.165) is 27.6 Å². The van der Waals surface area contributed by atoms with Crippen molar-refractivity contribution in [1.29, 1.82) is 0 Å². The van der Waals surface area contributed by atoms with Crippen molar-refractivity contribution in [2.75, 3.05) is 6.79 Å². The van der Waals surface area contributed by atoms with Crippen LogP contribution < -0.4 is 9.47 Å². The highest BCUT2D eigenvalue weighted by Gasteiger charge is 2.17. The zero-order valence-corrected chi connectivity index (χ0v) is 14.0. The Morgan fingerprint density at radius 2 is 1.88 bits per heavy atom. The van der Waals surface area contributed by atoms with E-state index in [1.165, 1.54) is 0 Å². The number of carbonyl (C=O) groups is 1. The standard InChI is InChI=1S/C19H14ClNO3/c1-10-5-11(2)18-13(6-10)14(19(20)22)8-15(21-18)12-3-4-16-17(7-12)24-9-23-16/h3-8H,9H2,1-2H3. The average molecular weight is 340 g/mol. The van der Waals surface area contributed by atoms with Gasteiger partial charge < -0.3 is 9.47 Å². The van der Waals surface area contributed by atoms with E-state index < -0.39 is 5.24 Å². The van der Waals surface area contributed by atoms with Gasteiger partial charge in [-0.25, -0.2) is 4.98 Å². The van der Waals surface area contributed by atoms with Crippen LogP contribution in [0.25, 0.3) is 22.2 Å². The average Bonchev–Trinajstić information content (AvgIpc) is 3.01. The summed E-state index contributed by atoms with van der Waals surface area (Å²) in [6.07, 6.45) is 0. The van der Waals surface area contributed by atoms with Gasteiger partial charge in [-0.2, -0.15) is 0 Å². The summed E-state index contributed by atoms with van der Waals surface area (Å²) in [4.78, 5) is 16.7. The Bertz CT molecular complexity index is 998. The van der Waals surface area contributed by atoms with Crippen LogP contribution in [0.1, 0.15) is 21.5 Å². The fourth-order valence-electron chi connectivity index (χ4n) is 3.05. The second-order valence-corrected chi connectivity index (χ2v) is 6.22. The number of carbonyl (C=O) groups excluding carboxylic acids is 1. The van der Waals surface area contributed by atoms with Crippen LogP contribution in [0.5, 0.6) is 11.5 Å². The van der Waals surface area contributed by atoms with Gasteiger partial charge in [-0.15, -0.1) is 0 Å². The molecule has 0 atom stereocenters. The fraction of sp³-hybridized carbons (Fsp3) is 0.158. The third-order valence-electron chi connectivity index (χ3n) is 4.13. The number of fused-ring (bicyclic) bond motifs is 2. The Hall–Kier alpha value is -2.59. The lowest BCUT2D eigenvalue weighted by molar-refractivity contribution is 0.108. The van der Waals surface area contributed by atoms with E-state index >= 15 is 0 Å². The lowest BCUT2D eigenvalue weighted by Gasteiger charge is -2.11. The minimum absolute atomic E-state index is 0.216. The van der Waals surface area contributed by atoms with Gasteiger partial charge in [0.1, 0.15) is 0 Å². The van der Waals surface area contributed by atoms with Gasteiger partial charge in [0.25, 0.3) is 5.24 Å². The summed E-state index contributed by atoms with van der Waals surface area (Å²) in [5, 5.41) is 0.284. The van der Waals surface area contributed by atoms with Crippen molar-refractivity contribution < 1.29 is 14.3 Å². The van der Waals surface area contributed by atoms with Crippen molar-refractivity contribution in [3.63, 3.8) is 0 Å². The Labute approximate surface area is 144 Å². The monoisotopic (exact) mass is 339 g/mol. The highest BCUT2D eigenvalue weighted by molar-refractivity contribution is 6.68. The molecule has 0 saturated heterocycles. The number of halogens is 1. The van der Waals surface area contributed by atoms with E-state index in [1.54, 1.807) is 6.07 Å². The number of aryl methyl sites for hydroxylation is 2. The zero-order chi connectivity index (χ0) is 16.8. The van der Waals surface area contributed by atoms with Crippen molar-refractivity contribution in [1.82, 2.24) is 4.98 Å². The molecule has 3 aromatic rings. The van der Waals surface area contributed by atoms with Crippen molar-refractivity contribution >= 4 is 27.7 Å². The molecule has 0 amide bonds. The van der Waals surface area contributed by atoms with E-state index in [-0.39, 0.29) is 6.79 Å². The largest absolute Gasteiger partial charge is 0.454 e. The first kappa shape index (κ1) is 15.0. The number of ether oxygens (including phenoxy) is 2. The minimum atomic E-state index is -0.491. The number of rotatable bonds is 2. The summed E-state index contributed by atoms with van der Waals surface area (Å²) in [5.74, 6) is 1.38. The molecule has 0 saturated carbocycles. The molecule has 1 aliphatic heterocycles. The number of benzene rings is 2. The SMILES string of the molecule is Cc1cc(C)c2nc(-c3ccc4c(c3)OCO4)cc(C(=O)Cl)c2c1. The number of hydrogen-bond donors (Lipinski definition) is 0. The predicted molar refractivity (Wildman–Crippen MR) is 93.0 cm³/mol. The zero-order valence-electron chi connectivity index (χ0n) is 13.2. The Morgan fingerprint density at radius 1 is 1.08 bits per heavy atom. The van der Waals surface area contributed by atoms with E-state index in [0.29, 0.717) is 22.8 Å². The molecule has 2 aromatic carbocycles. The van der Waals surface area contributed by atoms with Crippen LogP contribution in [0.2, 0.25) is 0 Å². The molecule has 1 aliphatic rings. The number of aromatic nitrogens is 1. The van der Waals surface area contributed by atoms with Crippen LogP contribution in [-0.4, -0.2) is 17.0 Å². The van der Waals surface area contributed by atoms with E-state index in [4.69, 9.17) is 26.1 Å². The number of nitrogens with zero attached hydrogens (tertiary/aromatic N) is 1. The van der Waals surface area contributed by atoms with Gasteiger partial charge in [0.15, 0.2) is 11.5 Å². The molecule has 0 unspecified atom stereocenters. The van der Waals surface area contributed by atoms with Crippen molar-refractivity contribution in [3.8, 4) is 22.8 Å². The topological polar surface area (TPSA) is 48.4 Å². The smallest absolute Gasteiger partial charge is 0.253 e. The third-order valence-corrected chi connectivity index (χ3v) is 4.33. The van der Waals surface area contributed by atoms with Crippen LogP contribution in [0.4, 0.5) is 0 Å². The van der Waals surface area contributed by atoms with Crippen molar-refractivity contribution in [3.05, 3.63) is 53.1 Å². The van der Waals surface area contributed by atoms with Crippen LogP contribution >= 0.6 is 11.6 Å². The van der Waals surface area contributed by atoms with Gasteiger partial charge in [0.05, 0.1) is 11.2 Å². The molecule has 24 heavy (non-hydrogen) atoms. The molecule has 0 radical (unpaired) electrons. The summed E-state index contributed by atoms with van der Waals surface area (Å²) >= 11 is 5.83.